The van der Waals surface area contributed by atoms with Gasteiger partial charge in [-0.05, 0) is 46.9 Å². The maximum absolute atomic E-state index is 11.3. The summed E-state index contributed by atoms with van der Waals surface area (Å²) in [6, 6.07) is 19.4. The van der Waals surface area contributed by atoms with Crippen LogP contribution in [-0.2, 0) is 24.4 Å². The Bertz CT molecular complexity index is 1480. The third-order valence-electron chi connectivity index (χ3n) is 6.14. The third kappa shape index (κ3) is 6.30. The van der Waals surface area contributed by atoms with E-state index in [0.29, 0.717) is 35.9 Å². The maximum Gasteiger partial charge on any atom is 0.307 e. The minimum atomic E-state index is -0.913. The summed E-state index contributed by atoms with van der Waals surface area (Å²) >= 11 is 0. The van der Waals surface area contributed by atoms with Gasteiger partial charge in [0.2, 0.25) is 0 Å². The van der Waals surface area contributed by atoms with Crippen molar-refractivity contribution in [1.82, 2.24) is 0 Å². The molecule has 7 heteroatoms. The number of carboxylic acids is 1. The van der Waals surface area contributed by atoms with Gasteiger partial charge in [-0.1, -0.05) is 50.2 Å². The van der Waals surface area contributed by atoms with Crippen LogP contribution in [0.5, 0.6) is 5.75 Å². The lowest BCUT2D eigenvalue weighted by molar-refractivity contribution is -0.136. The monoisotopic (exact) mass is 511 g/mol. The number of hydrogen-bond donors (Lipinski definition) is 3. The molecule has 0 amide bonds. The first-order valence-corrected chi connectivity index (χ1v) is 12.6. The van der Waals surface area contributed by atoms with Gasteiger partial charge in [-0.25, -0.2) is 0 Å². The largest absolute Gasteiger partial charge is 0.488 e. The van der Waals surface area contributed by atoms with Crippen LogP contribution in [0.25, 0.3) is 27.7 Å². The minimum absolute atomic E-state index is 0.117. The van der Waals surface area contributed by atoms with Crippen molar-refractivity contribution < 1.29 is 19.1 Å². The van der Waals surface area contributed by atoms with E-state index >= 15 is 0 Å². The van der Waals surface area contributed by atoms with E-state index in [9.17, 15) is 9.90 Å². The van der Waals surface area contributed by atoms with Gasteiger partial charge in [0.05, 0.1) is 12.7 Å². The van der Waals surface area contributed by atoms with Gasteiger partial charge in [0.25, 0.3) is 0 Å². The fourth-order valence-electron chi connectivity index (χ4n) is 4.23. The fourth-order valence-corrected chi connectivity index (χ4v) is 4.23. The number of aliphatic imine (C=N–C) groups is 1. The highest BCUT2D eigenvalue weighted by Gasteiger charge is 2.17. The quantitative estimate of drug-likeness (QED) is 0.219. The Kier molecular flexibility index (Phi) is 8.61. The number of nitrogens with two attached hydrogens (primary N) is 2. The molecule has 196 valence electrons. The number of carbonyl (C=O) groups is 1. The average Bonchev–Trinajstić information content (AvgIpc) is 3.33. The number of furan rings is 1. The lowest BCUT2D eigenvalue weighted by atomic mass is 9.95. The molecule has 0 aliphatic carbocycles. The number of ether oxygens (including phenoxy) is 1. The first-order valence-electron chi connectivity index (χ1n) is 12.6. The van der Waals surface area contributed by atoms with E-state index in [2.05, 4.69) is 31.0 Å². The highest BCUT2D eigenvalue weighted by atomic mass is 16.5. The molecule has 0 atom stereocenters. The number of fused-ring (bicyclic) bond motifs is 1. The zero-order chi connectivity index (χ0) is 27.1. The van der Waals surface area contributed by atoms with Crippen molar-refractivity contribution in [2.24, 2.45) is 22.4 Å². The van der Waals surface area contributed by atoms with Crippen LogP contribution in [0.15, 0.2) is 82.5 Å². The summed E-state index contributed by atoms with van der Waals surface area (Å²) in [6.45, 7) is 5.56. The second kappa shape index (κ2) is 12.3. The van der Waals surface area contributed by atoms with Gasteiger partial charge in [-0.15, -0.1) is 0 Å². The van der Waals surface area contributed by atoms with Crippen LogP contribution in [0.4, 0.5) is 0 Å². The average molecular weight is 512 g/mol. The molecule has 0 bridgehead atoms. The van der Waals surface area contributed by atoms with Crippen LogP contribution < -0.4 is 16.2 Å². The molecule has 3 aromatic carbocycles. The fraction of sp³-hybridized carbons (Fsp3) is 0.226. The van der Waals surface area contributed by atoms with Crippen molar-refractivity contribution in [3.63, 3.8) is 0 Å². The molecular formula is C31H33N3O4. The van der Waals surface area contributed by atoms with E-state index in [-0.39, 0.29) is 13.0 Å². The van der Waals surface area contributed by atoms with E-state index in [1.165, 1.54) is 0 Å². The van der Waals surface area contributed by atoms with Gasteiger partial charge in [0.15, 0.2) is 0 Å². The highest BCUT2D eigenvalue weighted by molar-refractivity contribution is 6.14. The molecule has 0 saturated carbocycles. The van der Waals surface area contributed by atoms with Gasteiger partial charge < -0.3 is 25.7 Å². The van der Waals surface area contributed by atoms with E-state index in [1.54, 1.807) is 36.9 Å². The molecule has 0 unspecified atom stereocenters. The molecule has 7 nitrogen and oxygen atoms in total. The molecule has 0 aliphatic heterocycles. The Morgan fingerprint density at radius 3 is 2.63 bits per heavy atom. The second-order valence-corrected chi connectivity index (χ2v) is 9.54. The maximum atomic E-state index is 11.3. The Morgan fingerprint density at radius 1 is 1.08 bits per heavy atom. The zero-order valence-electron chi connectivity index (χ0n) is 21.7. The Labute approximate surface area is 222 Å². The van der Waals surface area contributed by atoms with Crippen LogP contribution in [-0.4, -0.2) is 23.8 Å². The van der Waals surface area contributed by atoms with Crippen LogP contribution >= 0.6 is 0 Å². The van der Waals surface area contributed by atoms with Crippen molar-refractivity contribution in [2.45, 2.75) is 33.4 Å². The number of nitrogens with zero attached hydrogens (tertiary/aromatic N) is 1. The van der Waals surface area contributed by atoms with E-state index in [4.69, 9.17) is 20.6 Å². The van der Waals surface area contributed by atoms with Crippen LogP contribution in [0.2, 0.25) is 0 Å². The normalized spacial score (nSPS) is 12.1. The van der Waals surface area contributed by atoms with E-state index < -0.39 is 5.97 Å². The molecule has 0 fully saturated rings. The van der Waals surface area contributed by atoms with Crippen molar-refractivity contribution in [3.8, 4) is 16.9 Å². The molecule has 1 aromatic heterocycles. The summed E-state index contributed by atoms with van der Waals surface area (Å²) in [6.07, 6.45) is 4.89. The number of carboxylic acid groups (broad SMARTS) is 1. The standard InChI is InChI=1S/C31H33N3O4/c1-20(2)16-34-17-25(15-33)27-11-24(22-8-5-6-21(10-22)14-32)12-28-26(19-38-31(27)28)18-37-29-9-4-3-7-23(29)13-30(35)36/h3-12,15,17,19-20H,13-14,16,18,32-33H2,1-2H3,(H,35,36)/b25-15+,34-17?. The molecule has 4 aromatic rings. The SMILES string of the molecule is CC(C)CN=C/C(=C\N)c1cc(-c2cccc(CN)c2)cc2c(COc3ccccc3CC(=O)O)coc12. The summed E-state index contributed by atoms with van der Waals surface area (Å²) in [5.41, 5.74) is 18.7. The van der Waals surface area contributed by atoms with Gasteiger partial charge in [0, 0.05) is 53.2 Å². The Morgan fingerprint density at radius 2 is 1.89 bits per heavy atom. The van der Waals surface area contributed by atoms with E-state index in [1.807, 2.05) is 30.3 Å². The molecule has 0 aliphatic rings. The molecule has 5 N–H and O–H groups in total. The van der Waals surface area contributed by atoms with Crippen molar-refractivity contribution >= 4 is 28.7 Å². The topological polar surface area (TPSA) is 124 Å². The molecule has 4 rings (SSSR count). The van der Waals surface area contributed by atoms with Crippen molar-refractivity contribution in [2.75, 3.05) is 6.54 Å². The predicted octanol–water partition coefficient (Wildman–Crippen LogP) is 5.79. The summed E-state index contributed by atoms with van der Waals surface area (Å²) in [4.78, 5) is 15.9. The molecule has 1 heterocycles. The summed E-state index contributed by atoms with van der Waals surface area (Å²) in [7, 11) is 0. The molecule has 0 spiro atoms. The molecule has 0 saturated heterocycles. The number of para-hydroxylation sites is 1. The van der Waals surface area contributed by atoms with Gasteiger partial charge in [-0.3, -0.25) is 9.79 Å². The minimum Gasteiger partial charge on any atom is -0.488 e. The van der Waals surface area contributed by atoms with Crippen LogP contribution in [0.1, 0.15) is 36.1 Å². The summed E-state index contributed by atoms with van der Waals surface area (Å²) < 4.78 is 12.1. The lowest BCUT2D eigenvalue weighted by Gasteiger charge is -2.11. The van der Waals surface area contributed by atoms with Crippen LogP contribution in [0, 0.1) is 5.92 Å². The lowest BCUT2D eigenvalue weighted by Crippen LogP contribution is -2.04. The molecule has 0 radical (unpaired) electrons. The number of benzene rings is 3. The van der Waals surface area contributed by atoms with Crippen molar-refractivity contribution in [3.05, 3.63) is 95.4 Å². The summed E-state index contributed by atoms with van der Waals surface area (Å²) in [5.74, 6) is 0.0377. The van der Waals surface area contributed by atoms with Crippen LogP contribution in [0.3, 0.4) is 0 Å². The Hall–Kier alpha value is -4.36. The third-order valence-corrected chi connectivity index (χ3v) is 6.14. The van der Waals surface area contributed by atoms with Gasteiger partial charge in [0.1, 0.15) is 17.9 Å². The number of aliphatic carboxylic acids is 1. The van der Waals surface area contributed by atoms with E-state index in [0.717, 1.165) is 38.8 Å². The first-order chi connectivity index (χ1) is 18.4. The first kappa shape index (κ1) is 26.7. The zero-order valence-corrected chi connectivity index (χ0v) is 21.7. The predicted molar refractivity (Wildman–Crippen MR) is 152 cm³/mol. The Balaban J connectivity index is 1.78. The number of rotatable bonds is 11. The van der Waals surface area contributed by atoms with Gasteiger partial charge in [-0.2, -0.15) is 0 Å². The van der Waals surface area contributed by atoms with Gasteiger partial charge >= 0.3 is 5.97 Å². The second-order valence-electron chi connectivity index (χ2n) is 9.54. The van der Waals surface area contributed by atoms with Crippen molar-refractivity contribution in [1.29, 1.82) is 0 Å². The molecular weight excluding hydrogens is 478 g/mol. The number of allylic oxidation sites excluding steroid dienone is 1. The molecule has 38 heavy (non-hydrogen) atoms. The number of hydrogen-bond acceptors (Lipinski definition) is 6. The smallest absolute Gasteiger partial charge is 0.307 e. The summed E-state index contributed by atoms with van der Waals surface area (Å²) in [5, 5.41) is 10.1. The highest BCUT2D eigenvalue weighted by Crippen LogP contribution is 2.35.